The molecule has 0 atom stereocenters. The lowest BCUT2D eigenvalue weighted by Crippen LogP contribution is -2.24. The van der Waals surface area contributed by atoms with Crippen LogP contribution in [0, 0.1) is 5.41 Å². The van der Waals surface area contributed by atoms with Gasteiger partial charge >= 0.3 is 0 Å². The maximum Gasteiger partial charge on any atom is 0.0292 e. The molecule has 1 aliphatic rings. The van der Waals surface area contributed by atoms with Crippen molar-refractivity contribution in [2.75, 3.05) is 12.4 Å². The highest BCUT2D eigenvalue weighted by atomic mass is 79.9. The van der Waals surface area contributed by atoms with Crippen LogP contribution in [0.2, 0.25) is 0 Å². The third kappa shape index (κ3) is 3.20. The molecule has 2 rings (SSSR count). The SMILES string of the molecule is ClCC1(CNCc2ccc(Br)cc2)CC1. The molecule has 0 amide bonds. The molecular formula is C12H15BrClN. The normalized spacial score (nSPS) is 17.7. The van der Waals surface area contributed by atoms with E-state index in [1.807, 2.05) is 0 Å². The number of hydrogen-bond donors (Lipinski definition) is 1. The number of hydrogen-bond acceptors (Lipinski definition) is 1. The van der Waals surface area contributed by atoms with E-state index in [1.165, 1.54) is 18.4 Å². The van der Waals surface area contributed by atoms with Gasteiger partial charge in [0.2, 0.25) is 0 Å². The summed E-state index contributed by atoms with van der Waals surface area (Å²) in [4.78, 5) is 0. The average molecular weight is 289 g/mol. The Hall–Kier alpha value is -0.0500. The van der Waals surface area contributed by atoms with Gasteiger partial charge in [-0.3, -0.25) is 0 Å². The maximum atomic E-state index is 5.91. The monoisotopic (exact) mass is 287 g/mol. The molecule has 1 aromatic rings. The fourth-order valence-corrected chi connectivity index (χ4v) is 2.23. The predicted molar refractivity (Wildman–Crippen MR) is 68.2 cm³/mol. The van der Waals surface area contributed by atoms with E-state index < -0.39 is 0 Å². The van der Waals surface area contributed by atoms with Gasteiger partial charge in [0.15, 0.2) is 0 Å². The van der Waals surface area contributed by atoms with Gasteiger partial charge < -0.3 is 5.32 Å². The van der Waals surface area contributed by atoms with Crippen LogP contribution in [0.1, 0.15) is 18.4 Å². The van der Waals surface area contributed by atoms with Crippen LogP contribution in [0.3, 0.4) is 0 Å². The zero-order chi connectivity index (χ0) is 10.7. The Morgan fingerprint density at radius 1 is 1.27 bits per heavy atom. The van der Waals surface area contributed by atoms with Crippen LogP contribution in [-0.4, -0.2) is 12.4 Å². The van der Waals surface area contributed by atoms with E-state index in [-0.39, 0.29) is 0 Å². The molecule has 0 saturated heterocycles. The second kappa shape index (κ2) is 4.86. The van der Waals surface area contributed by atoms with Gasteiger partial charge in [0.25, 0.3) is 0 Å². The first-order chi connectivity index (χ1) is 7.24. The van der Waals surface area contributed by atoms with Crippen LogP contribution in [0.4, 0.5) is 0 Å². The highest BCUT2D eigenvalue weighted by Gasteiger charge is 2.40. The lowest BCUT2D eigenvalue weighted by molar-refractivity contribution is 0.505. The van der Waals surface area contributed by atoms with Gasteiger partial charge in [-0.05, 0) is 36.0 Å². The first-order valence-corrected chi connectivity index (χ1v) is 6.58. The molecule has 0 aliphatic heterocycles. The summed E-state index contributed by atoms with van der Waals surface area (Å²) in [5.74, 6) is 0.792. The molecule has 82 valence electrons. The molecule has 0 radical (unpaired) electrons. The van der Waals surface area contributed by atoms with Crippen molar-refractivity contribution in [2.45, 2.75) is 19.4 Å². The number of alkyl halides is 1. The van der Waals surface area contributed by atoms with E-state index in [1.54, 1.807) is 0 Å². The zero-order valence-electron chi connectivity index (χ0n) is 8.60. The fraction of sp³-hybridized carbons (Fsp3) is 0.500. The van der Waals surface area contributed by atoms with Crippen molar-refractivity contribution in [3.05, 3.63) is 34.3 Å². The van der Waals surface area contributed by atoms with E-state index in [2.05, 4.69) is 45.5 Å². The average Bonchev–Trinajstić information content (AvgIpc) is 3.02. The topological polar surface area (TPSA) is 12.0 Å². The fourth-order valence-electron chi connectivity index (χ4n) is 1.61. The van der Waals surface area contributed by atoms with Crippen LogP contribution in [0.15, 0.2) is 28.7 Å². The van der Waals surface area contributed by atoms with E-state index in [4.69, 9.17) is 11.6 Å². The third-order valence-corrected chi connectivity index (χ3v) is 4.08. The smallest absolute Gasteiger partial charge is 0.0292 e. The van der Waals surface area contributed by atoms with Gasteiger partial charge in [0.1, 0.15) is 0 Å². The Kier molecular flexibility index (Phi) is 3.70. The van der Waals surface area contributed by atoms with Crippen molar-refractivity contribution in [1.82, 2.24) is 5.32 Å². The van der Waals surface area contributed by atoms with E-state index in [0.717, 1.165) is 23.4 Å². The van der Waals surface area contributed by atoms with Crippen molar-refractivity contribution in [3.63, 3.8) is 0 Å². The number of benzene rings is 1. The van der Waals surface area contributed by atoms with Gasteiger partial charge in [0.05, 0.1) is 0 Å². The Morgan fingerprint density at radius 3 is 2.47 bits per heavy atom. The molecule has 1 fully saturated rings. The predicted octanol–water partition coefficient (Wildman–Crippen LogP) is 3.56. The van der Waals surface area contributed by atoms with Crippen molar-refractivity contribution in [2.24, 2.45) is 5.41 Å². The minimum Gasteiger partial charge on any atom is -0.312 e. The Bertz CT molecular complexity index is 319. The molecule has 1 saturated carbocycles. The van der Waals surface area contributed by atoms with Gasteiger partial charge in [0, 0.05) is 23.4 Å². The van der Waals surface area contributed by atoms with E-state index >= 15 is 0 Å². The third-order valence-electron chi connectivity index (χ3n) is 2.98. The molecule has 1 N–H and O–H groups in total. The Morgan fingerprint density at radius 2 is 1.93 bits per heavy atom. The second-order valence-corrected chi connectivity index (χ2v) is 5.55. The summed E-state index contributed by atoms with van der Waals surface area (Å²) in [7, 11) is 0. The van der Waals surface area contributed by atoms with E-state index in [0.29, 0.717) is 5.41 Å². The summed E-state index contributed by atoms with van der Waals surface area (Å²) in [6.07, 6.45) is 2.56. The lowest BCUT2D eigenvalue weighted by atomic mass is 10.1. The molecule has 1 aromatic carbocycles. The molecule has 0 unspecified atom stereocenters. The van der Waals surface area contributed by atoms with Crippen molar-refractivity contribution in [3.8, 4) is 0 Å². The largest absolute Gasteiger partial charge is 0.312 e. The minimum absolute atomic E-state index is 0.414. The molecule has 3 heteroatoms. The van der Waals surface area contributed by atoms with Crippen LogP contribution in [-0.2, 0) is 6.54 Å². The lowest BCUT2D eigenvalue weighted by Gasteiger charge is -2.12. The minimum atomic E-state index is 0.414. The zero-order valence-corrected chi connectivity index (χ0v) is 10.9. The van der Waals surface area contributed by atoms with Gasteiger partial charge in [-0.1, -0.05) is 28.1 Å². The second-order valence-electron chi connectivity index (χ2n) is 4.36. The highest BCUT2D eigenvalue weighted by Crippen LogP contribution is 2.45. The van der Waals surface area contributed by atoms with Crippen molar-refractivity contribution >= 4 is 27.5 Å². The van der Waals surface area contributed by atoms with Gasteiger partial charge in [-0.25, -0.2) is 0 Å². The first-order valence-electron chi connectivity index (χ1n) is 5.25. The Balaban J connectivity index is 1.76. The highest BCUT2D eigenvalue weighted by molar-refractivity contribution is 9.10. The number of halogens is 2. The molecular weight excluding hydrogens is 273 g/mol. The summed E-state index contributed by atoms with van der Waals surface area (Å²) >= 11 is 9.34. The quantitative estimate of drug-likeness (QED) is 0.817. The molecule has 15 heavy (non-hydrogen) atoms. The standard InChI is InChI=1S/C12H15BrClN/c13-11-3-1-10(2-4-11)7-15-9-12(8-14)5-6-12/h1-4,15H,5-9H2. The summed E-state index contributed by atoms with van der Waals surface area (Å²) < 4.78 is 1.13. The van der Waals surface area contributed by atoms with Crippen molar-refractivity contribution in [1.29, 1.82) is 0 Å². The molecule has 0 spiro atoms. The molecule has 1 nitrogen and oxygen atoms in total. The van der Waals surface area contributed by atoms with Crippen LogP contribution in [0.25, 0.3) is 0 Å². The number of rotatable bonds is 5. The summed E-state index contributed by atoms with van der Waals surface area (Å²) in [5, 5.41) is 3.48. The molecule has 0 heterocycles. The summed E-state index contributed by atoms with van der Waals surface area (Å²) in [6, 6.07) is 8.42. The molecule has 0 bridgehead atoms. The van der Waals surface area contributed by atoms with Crippen LogP contribution in [0.5, 0.6) is 0 Å². The number of nitrogens with one attached hydrogen (secondary N) is 1. The van der Waals surface area contributed by atoms with Crippen LogP contribution < -0.4 is 5.32 Å². The summed E-state index contributed by atoms with van der Waals surface area (Å²) in [6.45, 7) is 1.98. The van der Waals surface area contributed by atoms with Crippen molar-refractivity contribution < 1.29 is 0 Å². The van der Waals surface area contributed by atoms with Gasteiger partial charge in [-0.2, -0.15) is 0 Å². The molecule has 1 aliphatic carbocycles. The van der Waals surface area contributed by atoms with Crippen LogP contribution >= 0.6 is 27.5 Å². The maximum absolute atomic E-state index is 5.91. The van der Waals surface area contributed by atoms with E-state index in [9.17, 15) is 0 Å². The van der Waals surface area contributed by atoms with Gasteiger partial charge in [-0.15, -0.1) is 11.6 Å². The first kappa shape index (κ1) is 11.4. The molecule has 0 aromatic heterocycles. The summed E-state index contributed by atoms with van der Waals surface area (Å²) in [5.41, 5.74) is 1.74. The Labute approximate surface area is 104 Å².